The Kier molecular flexibility index (Phi) is 2.27. The van der Waals surface area contributed by atoms with Crippen LogP contribution in [-0.2, 0) is 9.63 Å². The van der Waals surface area contributed by atoms with Crippen molar-refractivity contribution in [3.05, 3.63) is 4.91 Å². The summed E-state index contributed by atoms with van der Waals surface area (Å²) in [5.41, 5.74) is 0. The average Bonchev–Trinajstić information content (AvgIpc) is 1.63. The maximum absolute atomic E-state index is 10.2. The normalized spacial score (nSPS) is 10.6. The Morgan fingerprint density at radius 1 is 1.56 bits per heavy atom. The van der Waals surface area contributed by atoms with Gasteiger partial charge in [-0.3, -0.25) is 0 Å². The quantitative estimate of drug-likeness (QED) is 0.307. The summed E-state index contributed by atoms with van der Waals surface area (Å²) in [4.78, 5) is 24.4. The first-order valence-corrected chi connectivity index (χ1v) is 2.37. The van der Waals surface area contributed by atoms with Gasteiger partial charge in [-0.15, -0.1) is 0 Å². The van der Waals surface area contributed by atoms with E-state index in [4.69, 9.17) is 0 Å². The molecule has 0 aromatic heterocycles. The number of quaternary nitrogens is 1. The summed E-state index contributed by atoms with van der Waals surface area (Å²) >= 11 is 0. The van der Waals surface area contributed by atoms with Crippen LogP contribution in [0.3, 0.4) is 0 Å². The Morgan fingerprint density at radius 2 is 2.00 bits per heavy atom. The molecule has 0 atom stereocenters. The van der Waals surface area contributed by atoms with Crippen LogP contribution < -0.4 is 0 Å². The van der Waals surface area contributed by atoms with Gasteiger partial charge in [-0.1, -0.05) is 4.91 Å². The number of nitroso groups, excluding NO2 is 1. The summed E-state index contributed by atoms with van der Waals surface area (Å²) in [5, 5.41) is 2.50. The molecule has 0 heterocycles. The Morgan fingerprint density at radius 3 is 2.11 bits per heavy atom. The van der Waals surface area contributed by atoms with Crippen molar-refractivity contribution in [1.29, 1.82) is 0 Å². The minimum atomic E-state index is -0.630. The summed E-state index contributed by atoms with van der Waals surface area (Å²) in [5.74, 6) is -0.528. The highest BCUT2D eigenvalue weighted by Gasteiger charge is 2.20. The first kappa shape index (κ1) is 8.03. The third kappa shape index (κ3) is 3.60. The zero-order chi connectivity index (χ0) is 7.49. The summed E-state index contributed by atoms with van der Waals surface area (Å²) in [7, 11) is 2.71. The molecule has 0 aromatic carbocycles. The number of carbonyl (C=O) groups excluding carboxylic acids is 1. The number of hydrogen-bond acceptors (Lipinski definition) is 4. The van der Waals surface area contributed by atoms with Crippen molar-refractivity contribution in [2.75, 3.05) is 14.1 Å². The van der Waals surface area contributed by atoms with Gasteiger partial charge >= 0.3 is 5.97 Å². The number of carbonyl (C=O) groups is 1. The maximum Gasteiger partial charge on any atom is 0.367 e. The lowest BCUT2D eigenvalue weighted by atomic mass is 10.8. The second-order valence-electron chi connectivity index (χ2n) is 1.96. The van der Waals surface area contributed by atoms with Crippen molar-refractivity contribution in [3.63, 3.8) is 0 Å². The predicted molar refractivity (Wildman–Crippen MR) is 29.7 cm³/mol. The van der Waals surface area contributed by atoms with Gasteiger partial charge in [-0.2, -0.15) is 0 Å². The molecule has 0 fully saturated rings. The third-order valence-corrected chi connectivity index (χ3v) is 0.549. The molecule has 0 rings (SSSR count). The molecule has 0 saturated carbocycles. The molecule has 0 spiro atoms. The van der Waals surface area contributed by atoms with E-state index in [0.29, 0.717) is 0 Å². The molecule has 0 bridgehead atoms. The molecule has 0 aliphatic carbocycles. The molecule has 0 N–H and O–H groups in total. The standard InChI is InChI=1S/C4H9N2O3/c1-4(7)9-6(2,3)5-8/h1-3H3/q+1. The van der Waals surface area contributed by atoms with Crippen molar-refractivity contribution in [1.82, 2.24) is 0 Å². The van der Waals surface area contributed by atoms with Gasteiger partial charge in [-0.05, 0) is 0 Å². The molecule has 5 heteroatoms. The van der Waals surface area contributed by atoms with Crippen LogP contribution in [0.15, 0.2) is 5.29 Å². The van der Waals surface area contributed by atoms with Crippen molar-refractivity contribution < 1.29 is 14.4 Å². The minimum Gasteiger partial charge on any atom is -0.246 e. The second kappa shape index (κ2) is 2.54. The first-order valence-electron chi connectivity index (χ1n) is 2.37. The van der Waals surface area contributed by atoms with Gasteiger partial charge in [0.2, 0.25) is 0 Å². The smallest absolute Gasteiger partial charge is 0.246 e. The molecule has 0 aliphatic rings. The monoisotopic (exact) mass is 133 g/mol. The van der Waals surface area contributed by atoms with E-state index < -0.39 is 10.7 Å². The number of nitrogens with zero attached hydrogens (tertiary/aromatic N) is 2. The van der Waals surface area contributed by atoms with Crippen LogP contribution in [0.4, 0.5) is 0 Å². The van der Waals surface area contributed by atoms with E-state index in [1.807, 2.05) is 0 Å². The molecule has 0 amide bonds. The molecule has 0 radical (unpaired) electrons. The average molecular weight is 133 g/mol. The molecule has 0 aliphatic heterocycles. The maximum atomic E-state index is 10.2. The molecule has 5 nitrogen and oxygen atoms in total. The van der Waals surface area contributed by atoms with E-state index in [9.17, 15) is 9.70 Å². The summed E-state index contributed by atoms with van der Waals surface area (Å²) in [6.07, 6.45) is 0. The van der Waals surface area contributed by atoms with Crippen molar-refractivity contribution in [3.8, 4) is 0 Å². The lowest BCUT2D eigenvalue weighted by Gasteiger charge is -2.12. The third-order valence-electron chi connectivity index (χ3n) is 0.549. The van der Waals surface area contributed by atoms with Gasteiger partial charge in [0, 0.05) is 11.7 Å². The Hall–Kier alpha value is -0.970. The van der Waals surface area contributed by atoms with Gasteiger partial charge in [0.1, 0.15) is 14.1 Å². The highest BCUT2D eigenvalue weighted by molar-refractivity contribution is 5.65. The highest BCUT2D eigenvalue weighted by atomic mass is 16.8. The van der Waals surface area contributed by atoms with Gasteiger partial charge in [-0.25, -0.2) is 9.63 Å². The fraction of sp³-hybridized carbons (Fsp3) is 0.750. The number of hydrogen-bond donors (Lipinski definition) is 0. The largest absolute Gasteiger partial charge is 0.367 e. The van der Waals surface area contributed by atoms with Gasteiger partial charge in [0.05, 0.1) is 0 Å². The molecule has 52 valence electrons. The van der Waals surface area contributed by atoms with Crippen LogP contribution in [0.2, 0.25) is 0 Å². The van der Waals surface area contributed by atoms with E-state index in [1.54, 1.807) is 0 Å². The van der Waals surface area contributed by atoms with E-state index in [1.165, 1.54) is 21.0 Å². The van der Waals surface area contributed by atoms with E-state index in [-0.39, 0.29) is 0 Å². The van der Waals surface area contributed by atoms with E-state index in [2.05, 4.69) is 10.1 Å². The molecular formula is C4H9N2O3+. The minimum absolute atomic E-state index is 0.528. The van der Waals surface area contributed by atoms with Crippen LogP contribution in [-0.4, -0.2) is 24.8 Å². The topological polar surface area (TPSA) is 55.7 Å². The zero-order valence-corrected chi connectivity index (χ0v) is 5.62. The summed E-state index contributed by atoms with van der Waals surface area (Å²) in [6.45, 7) is 1.21. The van der Waals surface area contributed by atoms with E-state index in [0.717, 1.165) is 0 Å². The van der Waals surface area contributed by atoms with Gasteiger partial charge in [0.25, 0.3) is 0 Å². The van der Waals surface area contributed by atoms with Crippen LogP contribution in [0.25, 0.3) is 0 Å². The van der Waals surface area contributed by atoms with Crippen molar-refractivity contribution >= 4 is 5.97 Å². The summed E-state index contributed by atoms with van der Waals surface area (Å²) in [6, 6.07) is 0. The second-order valence-corrected chi connectivity index (χ2v) is 1.96. The Labute approximate surface area is 52.7 Å². The van der Waals surface area contributed by atoms with Crippen LogP contribution in [0.1, 0.15) is 6.92 Å². The fourth-order valence-electron chi connectivity index (χ4n) is 0.331. The Bertz CT molecular complexity index is 132. The van der Waals surface area contributed by atoms with Gasteiger partial charge in [0.15, 0.2) is 5.29 Å². The van der Waals surface area contributed by atoms with Crippen molar-refractivity contribution in [2.45, 2.75) is 6.92 Å². The SMILES string of the molecule is CC(=O)O[N+](C)(C)N=O. The van der Waals surface area contributed by atoms with Gasteiger partial charge < -0.3 is 0 Å². The molecule has 0 aromatic rings. The summed E-state index contributed by atoms with van der Waals surface area (Å²) < 4.78 is -0.630. The van der Waals surface area contributed by atoms with Crippen LogP contribution >= 0.6 is 0 Å². The molecule has 0 saturated heterocycles. The lowest BCUT2D eigenvalue weighted by molar-refractivity contribution is -1.07. The first-order chi connectivity index (χ1) is 3.98. The van der Waals surface area contributed by atoms with Crippen LogP contribution in [0.5, 0.6) is 0 Å². The van der Waals surface area contributed by atoms with Crippen LogP contribution in [0, 0.1) is 4.91 Å². The van der Waals surface area contributed by atoms with E-state index >= 15 is 0 Å². The number of rotatable bonds is 2. The Balaban J connectivity index is 3.86. The lowest BCUT2D eigenvalue weighted by Crippen LogP contribution is -2.34. The van der Waals surface area contributed by atoms with Crippen molar-refractivity contribution in [2.24, 2.45) is 5.29 Å². The highest BCUT2D eigenvalue weighted by Crippen LogP contribution is 1.97. The molecule has 0 unspecified atom stereocenters. The molecule has 9 heavy (non-hydrogen) atoms. The fourth-order valence-corrected chi connectivity index (χ4v) is 0.331. The number of hydroxylamine groups is 2. The zero-order valence-electron chi connectivity index (χ0n) is 5.62. The molecular weight excluding hydrogens is 124 g/mol. The predicted octanol–water partition coefficient (Wildman–Crippen LogP) is 0.222.